The van der Waals surface area contributed by atoms with Crippen molar-refractivity contribution in [3.63, 3.8) is 0 Å². The second kappa shape index (κ2) is 7.21. The van der Waals surface area contributed by atoms with E-state index in [1.165, 1.54) is 5.56 Å². The number of aliphatic hydroxyl groups excluding tert-OH is 1. The van der Waals surface area contributed by atoms with Gasteiger partial charge in [-0.15, -0.1) is 0 Å². The zero-order chi connectivity index (χ0) is 13.5. The second-order valence-corrected chi connectivity index (χ2v) is 5.25. The standard InChI is InChI=1S/C14H16BrN3O/c15-13-4-1-3-11(8-13)7-12(10-19)9-18-14-16-5-2-6-17-14/h1-6,8,12,19H,7,9-10H2,(H,16,17,18). The fourth-order valence-corrected chi connectivity index (χ4v) is 2.27. The Morgan fingerprint density at radius 3 is 2.68 bits per heavy atom. The van der Waals surface area contributed by atoms with Crippen LogP contribution in [0, 0.1) is 5.92 Å². The predicted molar refractivity (Wildman–Crippen MR) is 78.9 cm³/mol. The Morgan fingerprint density at radius 2 is 2.00 bits per heavy atom. The van der Waals surface area contributed by atoms with Crippen LogP contribution in [-0.4, -0.2) is 28.2 Å². The zero-order valence-corrected chi connectivity index (χ0v) is 12.0. The summed E-state index contributed by atoms with van der Waals surface area (Å²) < 4.78 is 1.06. The molecule has 4 nitrogen and oxygen atoms in total. The van der Waals surface area contributed by atoms with Crippen molar-refractivity contribution in [2.45, 2.75) is 6.42 Å². The minimum absolute atomic E-state index is 0.131. The number of halogens is 1. The molecule has 0 aliphatic heterocycles. The van der Waals surface area contributed by atoms with E-state index in [-0.39, 0.29) is 12.5 Å². The van der Waals surface area contributed by atoms with Crippen molar-refractivity contribution < 1.29 is 5.11 Å². The summed E-state index contributed by atoms with van der Waals surface area (Å²) in [5.41, 5.74) is 1.20. The third kappa shape index (κ3) is 4.61. The largest absolute Gasteiger partial charge is 0.396 e. The average Bonchev–Trinajstić information content (AvgIpc) is 2.44. The average molecular weight is 322 g/mol. The van der Waals surface area contributed by atoms with Crippen LogP contribution in [0.25, 0.3) is 0 Å². The Morgan fingerprint density at radius 1 is 1.21 bits per heavy atom. The van der Waals surface area contributed by atoms with Gasteiger partial charge in [-0.25, -0.2) is 9.97 Å². The summed E-state index contributed by atoms with van der Waals surface area (Å²) >= 11 is 3.45. The van der Waals surface area contributed by atoms with Crippen LogP contribution in [-0.2, 0) is 6.42 Å². The lowest BCUT2D eigenvalue weighted by Crippen LogP contribution is -2.21. The number of rotatable bonds is 6. The molecule has 0 fully saturated rings. The van der Waals surface area contributed by atoms with Crippen molar-refractivity contribution >= 4 is 21.9 Å². The Labute approximate surface area is 121 Å². The molecule has 0 aliphatic rings. The summed E-state index contributed by atoms with van der Waals surface area (Å²) in [4.78, 5) is 8.19. The van der Waals surface area contributed by atoms with Crippen molar-refractivity contribution in [2.24, 2.45) is 5.92 Å². The monoisotopic (exact) mass is 321 g/mol. The third-order valence-electron chi connectivity index (χ3n) is 2.79. The molecular formula is C14H16BrN3O. The highest BCUT2D eigenvalue weighted by Crippen LogP contribution is 2.15. The molecule has 0 spiro atoms. The predicted octanol–water partition coefficient (Wildman–Crippen LogP) is 2.50. The number of hydrogen-bond donors (Lipinski definition) is 2. The number of benzene rings is 1. The highest BCUT2D eigenvalue weighted by molar-refractivity contribution is 9.10. The Balaban J connectivity index is 1.90. The van der Waals surface area contributed by atoms with E-state index >= 15 is 0 Å². The van der Waals surface area contributed by atoms with Crippen molar-refractivity contribution in [3.05, 3.63) is 52.8 Å². The van der Waals surface area contributed by atoms with Crippen LogP contribution >= 0.6 is 15.9 Å². The molecule has 2 aromatic rings. The normalized spacial score (nSPS) is 12.1. The first-order chi connectivity index (χ1) is 9.28. The number of hydrogen-bond acceptors (Lipinski definition) is 4. The second-order valence-electron chi connectivity index (χ2n) is 4.34. The molecule has 2 N–H and O–H groups in total. The molecule has 0 amide bonds. The van der Waals surface area contributed by atoms with E-state index in [2.05, 4.69) is 43.3 Å². The molecule has 0 bridgehead atoms. The zero-order valence-electron chi connectivity index (χ0n) is 10.5. The van der Waals surface area contributed by atoms with Gasteiger partial charge in [0, 0.05) is 35.9 Å². The van der Waals surface area contributed by atoms with Gasteiger partial charge in [0.15, 0.2) is 0 Å². The van der Waals surface area contributed by atoms with Gasteiger partial charge in [0.2, 0.25) is 5.95 Å². The molecule has 19 heavy (non-hydrogen) atoms. The fraction of sp³-hybridized carbons (Fsp3) is 0.286. The van der Waals surface area contributed by atoms with Gasteiger partial charge < -0.3 is 10.4 Å². The number of nitrogens with zero attached hydrogens (tertiary/aromatic N) is 2. The SMILES string of the molecule is OCC(CNc1ncccn1)Cc1cccc(Br)c1. The smallest absolute Gasteiger partial charge is 0.222 e. The molecule has 100 valence electrons. The minimum atomic E-state index is 0.131. The topological polar surface area (TPSA) is 58.0 Å². The molecule has 0 saturated heterocycles. The molecule has 2 rings (SSSR count). The first kappa shape index (κ1) is 14.0. The first-order valence-electron chi connectivity index (χ1n) is 6.14. The Hall–Kier alpha value is -1.46. The third-order valence-corrected chi connectivity index (χ3v) is 3.28. The van der Waals surface area contributed by atoms with E-state index in [0.29, 0.717) is 12.5 Å². The molecule has 1 aromatic heterocycles. The summed E-state index contributed by atoms with van der Waals surface area (Å²) in [7, 11) is 0. The number of nitrogens with one attached hydrogen (secondary N) is 1. The summed E-state index contributed by atoms with van der Waals surface area (Å²) in [6.07, 6.45) is 4.20. The maximum Gasteiger partial charge on any atom is 0.222 e. The van der Waals surface area contributed by atoms with Crippen molar-refractivity contribution in [1.29, 1.82) is 0 Å². The maximum absolute atomic E-state index is 9.44. The summed E-state index contributed by atoms with van der Waals surface area (Å²) in [6.45, 7) is 0.777. The van der Waals surface area contributed by atoms with Crippen LogP contribution in [0.4, 0.5) is 5.95 Å². The van der Waals surface area contributed by atoms with Gasteiger partial charge in [-0.1, -0.05) is 28.1 Å². The van der Waals surface area contributed by atoms with Gasteiger partial charge in [0.1, 0.15) is 0 Å². The molecule has 0 aliphatic carbocycles. The van der Waals surface area contributed by atoms with Gasteiger partial charge in [0.25, 0.3) is 0 Å². The number of aromatic nitrogens is 2. The van der Waals surface area contributed by atoms with Crippen LogP contribution in [0.5, 0.6) is 0 Å². The van der Waals surface area contributed by atoms with E-state index in [0.717, 1.165) is 10.9 Å². The van der Waals surface area contributed by atoms with Gasteiger partial charge >= 0.3 is 0 Å². The molecule has 0 radical (unpaired) electrons. The van der Waals surface area contributed by atoms with Crippen LogP contribution in [0.1, 0.15) is 5.56 Å². The van der Waals surface area contributed by atoms with E-state index in [4.69, 9.17) is 0 Å². The highest BCUT2D eigenvalue weighted by Gasteiger charge is 2.09. The molecule has 1 atom stereocenters. The Bertz CT molecular complexity index is 507. The van der Waals surface area contributed by atoms with Crippen molar-refractivity contribution in [2.75, 3.05) is 18.5 Å². The maximum atomic E-state index is 9.44. The highest BCUT2D eigenvalue weighted by atomic mass is 79.9. The summed E-state index contributed by atoms with van der Waals surface area (Å²) in [5.74, 6) is 0.730. The lowest BCUT2D eigenvalue weighted by atomic mass is 10.0. The molecular weight excluding hydrogens is 306 g/mol. The van der Waals surface area contributed by atoms with Gasteiger partial charge in [-0.3, -0.25) is 0 Å². The van der Waals surface area contributed by atoms with Crippen LogP contribution in [0.3, 0.4) is 0 Å². The first-order valence-corrected chi connectivity index (χ1v) is 6.93. The lowest BCUT2D eigenvalue weighted by Gasteiger charge is -2.15. The summed E-state index contributed by atoms with van der Waals surface area (Å²) in [6, 6.07) is 9.90. The Kier molecular flexibility index (Phi) is 5.30. The summed E-state index contributed by atoms with van der Waals surface area (Å²) in [5, 5.41) is 12.6. The lowest BCUT2D eigenvalue weighted by molar-refractivity contribution is 0.232. The minimum Gasteiger partial charge on any atom is -0.396 e. The van der Waals surface area contributed by atoms with Gasteiger partial charge in [0.05, 0.1) is 0 Å². The van der Waals surface area contributed by atoms with E-state index in [1.807, 2.05) is 12.1 Å². The van der Waals surface area contributed by atoms with Crippen LogP contribution in [0.2, 0.25) is 0 Å². The van der Waals surface area contributed by atoms with Gasteiger partial charge in [-0.2, -0.15) is 0 Å². The van der Waals surface area contributed by atoms with E-state index in [9.17, 15) is 5.11 Å². The number of anilines is 1. The molecule has 0 saturated carbocycles. The molecule has 1 aromatic carbocycles. The van der Waals surface area contributed by atoms with Gasteiger partial charge in [-0.05, 0) is 30.2 Å². The van der Waals surface area contributed by atoms with Crippen LogP contribution < -0.4 is 5.32 Å². The fourth-order valence-electron chi connectivity index (χ4n) is 1.82. The molecule has 1 heterocycles. The quantitative estimate of drug-likeness (QED) is 0.858. The van der Waals surface area contributed by atoms with Crippen molar-refractivity contribution in [1.82, 2.24) is 9.97 Å². The van der Waals surface area contributed by atoms with E-state index in [1.54, 1.807) is 18.5 Å². The molecule has 1 unspecified atom stereocenters. The van der Waals surface area contributed by atoms with Crippen molar-refractivity contribution in [3.8, 4) is 0 Å². The molecule has 5 heteroatoms. The number of aliphatic hydroxyl groups is 1. The van der Waals surface area contributed by atoms with E-state index < -0.39 is 0 Å². The van der Waals surface area contributed by atoms with Crippen LogP contribution in [0.15, 0.2) is 47.2 Å².